The lowest BCUT2D eigenvalue weighted by molar-refractivity contribution is 0.144. The topological polar surface area (TPSA) is 21.3 Å². The van der Waals surface area contributed by atoms with E-state index < -0.39 is 0 Å². The van der Waals surface area contributed by atoms with Gasteiger partial charge >= 0.3 is 0 Å². The Labute approximate surface area is 77.2 Å². The largest absolute Gasteiger partial charge is 0.376 e. The van der Waals surface area contributed by atoms with Crippen molar-refractivity contribution in [1.82, 2.24) is 5.32 Å². The Bertz CT molecular complexity index is 257. The summed E-state index contributed by atoms with van der Waals surface area (Å²) in [6.07, 6.45) is 3.07. The van der Waals surface area contributed by atoms with E-state index in [2.05, 4.69) is 11.4 Å². The summed E-state index contributed by atoms with van der Waals surface area (Å²) in [6, 6.07) is 0. The lowest BCUT2D eigenvalue weighted by atomic mass is 9.97. The average Bonchev–Trinajstić information content (AvgIpc) is 2.04. The number of halogens is 1. The molecule has 2 nitrogen and oxygen atoms in total. The number of alkyl halides is 1. The van der Waals surface area contributed by atoms with Crippen molar-refractivity contribution in [3.63, 3.8) is 0 Å². The number of hydrogen-bond acceptors (Lipinski definition) is 2. The molecular formula is C9H12ClNO. The van der Waals surface area contributed by atoms with E-state index in [0.717, 1.165) is 25.3 Å². The maximum absolute atomic E-state index is 5.97. The third-order valence-electron chi connectivity index (χ3n) is 2.30. The van der Waals surface area contributed by atoms with E-state index >= 15 is 0 Å². The third kappa shape index (κ3) is 1.37. The molecule has 3 heteroatoms. The molecule has 0 radical (unpaired) electrons. The van der Waals surface area contributed by atoms with Crippen LogP contribution in [0.4, 0.5) is 0 Å². The van der Waals surface area contributed by atoms with Gasteiger partial charge in [0.25, 0.3) is 0 Å². The van der Waals surface area contributed by atoms with E-state index in [1.165, 1.54) is 11.1 Å². The van der Waals surface area contributed by atoms with Gasteiger partial charge in [-0.3, -0.25) is 0 Å². The maximum atomic E-state index is 5.97. The summed E-state index contributed by atoms with van der Waals surface area (Å²) >= 11 is 5.97. The summed E-state index contributed by atoms with van der Waals surface area (Å²) in [5.41, 5.74) is 3.77. The van der Waals surface area contributed by atoms with Gasteiger partial charge in [0.05, 0.1) is 13.2 Å². The van der Waals surface area contributed by atoms with Crippen molar-refractivity contribution in [2.24, 2.45) is 0 Å². The smallest absolute Gasteiger partial charge is 0.120 e. The zero-order valence-electron chi connectivity index (χ0n) is 7.06. The molecule has 1 atom stereocenters. The molecule has 0 aromatic heterocycles. The molecule has 2 rings (SSSR count). The molecule has 1 unspecified atom stereocenters. The van der Waals surface area contributed by atoms with E-state index in [1.807, 2.05) is 6.92 Å². The van der Waals surface area contributed by atoms with Crippen molar-refractivity contribution in [2.45, 2.75) is 18.8 Å². The van der Waals surface area contributed by atoms with Gasteiger partial charge in [-0.25, -0.2) is 0 Å². The minimum Gasteiger partial charge on any atom is -0.376 e. The maximum Gasteiger partial charge on any atom is 0.120 e. The zero-order chi connectivity index (χ0) is 8.55. The van der Waals surface area contributed by atoms with Crippen LogP contribution in [0.5, 0.6) is 0 Å². The van der Waals surface area contributed by atoms with Crippen LogP contribution in [-0.4, -0.2) is 18.7 Å². The number of ether oxygens (including phenoxy) is 1. The summed E-state index contributed by atoms with van der Waals surface area (Å²) in [5, 5.41) is 3.17. The van der Waals surface area contributed by atoms with Crippen molar-refractivity contribution in [3.05, 3.63) is 22.9 Å². The summed E-state index contributed by atoms with van der Waals surface area (Å²) in [7, 11) is 0. The predicted molar refractivity (Wildman–Crippen MR) is 49.0 cm³/mol. The summed E-state index contributed by atoms with van der Waals surface area (Å²) in [4.78, 5) is 0. The van der Waals surface area contributed by atoms with Crippen LogP contribution in [0.1, 0.15) is 13.3 Å². The zero-order valence-corrected chi connectivity index (χ0v) is 7.82. The van der Waals surface area contributed by atoms with E-state index in [9.17, 15) is 0 Å². The van der Waals surface area contributed by atoms with Crippen LogP contribution >= 0.6 is 11.6 Å². The molecule has 2 aliphatic heterocycles. The molecule has 2 aliphatic rings. The Hall–Kier alpha value is -0.470. The van der Waals surface area contributed by atoms with E-state index in [1.54, 1.807) is 0 Å². The van der Waals surface area contributed by atoms with E-state index in [4.69, 9.17) is 16.3 Å². The monoisotopic (exact) mass is 185 g/mol. The van der Waals surface area contributed by atoms with Crippen LogP contribution in [0.3, 0.4) is 0 Å². The Kier molecular flexibility index (Phi) is 2.11. The number of allylic oxidation sites excluding steroid dienone is 1. The molecule has 0 saturated carbocycles. The number of hydrogen-bond donors (Lipinski definition) is 1. The van der Waals surface area contributed by atoms with Crippen LogP contribution in [0.15, 0.2) is 22.9 Å². The normalized spacial score (nSPS) is 29.2. The van der Waals surface area contributed by atoms with Crippen LogP contribution in [0, 0.1) is 0 Å². The lowest BCUT2D eigenvalue weighted by Gasteiger charge is -2.27. The van der Waals surface area contributed by atoms with Gasteiger partial charge in [-0.2, -0.15) is 0 Å². The molecule has 0 aromatic rings. The first kappa shape index (κ1) is 8.14. The quantitative estimate of drug-likeness (QED) is 0.459. The molecule has 0 amide bonds. The minimum atomic E-state index is -0.0400. The predicted octanol–water partition coefficient (Wildman–Crippen LogP) is 1.78. The molecule has 0 bridgehead atoms. The SMILES string of the molecule is CC1=C2COCCC2=CC(Cl)N1. The first-order valence-corrected chi connectivity index (χ1v) is 4.60. The molecule has 0 aromatic carbocycles. The Morgan fingerprint density at radius 1 is 1.67 bits per heavy atom. The molecule has 1 saturated heterocycles. The molecule has 0 aliphatic carbocycles. The Balaban J connectivity index is 2.30. The van der Waals surface area contributed by atoms with Crippen LogP contribution in [0.25, 0.3) is 0 Å². The van der Waals surface area contributed by atoms with Crippen molar-refractivity contribution in [1.29, 1.82) is 0 Å². The van der Waals surface area contributed by atoms with Gasteiger partial charge in [-0.1, -0.05) is 11.6 Å². The van der Waals surface area contributed by atoms with Gasteiger partial charge in [0.1, 0.15) is 5.50 Å². The molecule has 66 valence electrons. The van der Waals surface area contributed by atoms with E-state index in [0.29, 0.717) is 0 Å². The van der Waals surface area contributed by atoms with Gasteiger partial charge in [0, 0.05) is 5.70 Å². The van der Waals surface area contributed by atoms with Gasteiger partial charge in [0.2, 0.25) is 0 Å². The Morgan fingerprint density at radius 3 is 3.33 bits per heavy atom. The second-order valence-corrected chi connectivity index (χ2v) is 3.61. The summed E-state index contributed by atoms with van der Waals surface area (Å²) in [5.74, 6) is 0. The number of fused-ring (bicyclic) bond motifs is 1. The molecular weight excluding hydrogens is 174 g/mol. The second-order valence-electron chi connectivity index (χ2n) is 3.14. The summed E-state index contributed by atoms with van der Waals surface area (Å²) in [6.45, 7) is 3.60. The highest BCUT2D eigenvalue weighted by Gasteiger charge is 2.20. The van der Waals surface area contributed by atoms with Crippen molar-refractivity contribution < 1.29 is 4.74 Å². The fourth-order valence-electron chi connectivity index (χ4n) is 1.65. The van der Waals surface area contributed by atoms with Crippen molar-refractivity contribution in [2.75, 3.05) is 13.2 Å². The van der Waals surface area contributed by atoms with Crippen LogP contribution in [0.2, 0.25) is 0 Å². The number of nitrogens with one attached hydrogen (secondary N) is 1. The lowest BCUT2D eigenvalue weighted by Crippen LogP contribution is -2.29. The minimum absolute atomic E-state index is 0.0400. The van der Waals surface area contributed by atoms with Crippen LogP contribution in [-0.2, 0) is 4.74 Å². The highest BCUT2D eigenvalue weighted by molar-refractivity contribution is 6.21. The first-order chi connectivity index (χ1) is 5.77. The van der Waals surface area contributed by atoms with Gasteiger partial charge in [-0.15, -0.1) is 0 Å². The van der Waals surface area contributed by atoms with E-state index in [-0.39, 0.29) is 5.50 Å². The third-order valence-corrected chi connectivity index (χ3v) is 2.54. The highest BCUT2D eigenvalue weighted by atomic mass is 35.5. The molecule has 0 spiro atoms. The molecule has 2 heterocycles. The van der Waals surface area contributed by atoms with Gasteiger partial charge in [0.15, 0.2) is 0 Å². The number of dihydropyridines is 1. The highest BCUT2D eigenvalue weighted by Crippen LogP contribution is 2.26. The van der Waals surface area contributed by atoms with Crippen LogP contribution < -0.4 is 5.32 Å². The Morgan fingerprint density at radius 2 is 2.50 bits per heavy atom. The molecule has 12 heavy (non-hydrogen) atoms. The van der Waals surface area contributed by atoms with Crippen molar-refractivity contribution in [3.8, 4) is 0 Å². The van der Waals surface area contributed by atoms with Crippen molar-refractivity contribution >= 4 is 11.6 Å². The molecule has 1 N–H and O–H groups in total. The standard InChI is InChI=1S/C9H12ClNO/c1-6-8-5-12-3-2-7(8)4-9(10)11-6/h4,9,11H,2-3,5H2,1H3. The fourth-order valence-corrected chi connectivity index (χ4v) is 1.96. The average molecular weight is 186 g/mol. The fraction of sp³-hybridized carbons (Fsp3) is 0.556. The van der Waals surface area contributed by atoms with Gasteiger partial charge in [-0.05, 0) is 30.6 Å². The summed E-state index contributed by atoms with van der Waals surface area (Å²) < 4.78 is 5.36. The second kappa shape index (κ2) is 3.11. The first-order valence-electron chi connectivity index (χ1n) is 4.16. The van der Waals surface area contributed by atoms with Gasteiger partial charge < -0.3 is 10.1 Å². The number of rotatable bonds is 0. The molecule has 1 fully saturated rings.